The van der Waals surface area contributed by atoms with E-state index in [0.717, 1.165) is 42.8 Å². The van der Waals surface area contributed by atoms with Crippen LogP contribution in [-0.2, 0) is 23.1 Å². The molecule has 2 saturated heterocycles. The third kappa shape index (κ3) is 5.16. The van der Waals surface area contributed by atoms with Crippen molar-refractivity contribution < 1.29 is 19.1 Å². The summed E-state index contributed by atoms with van der Waals surface area (Å²) in [6, 6.07) is 4.84. The van der Waals surface area contributed by atoms with Gasteiger partial charge < -0.3 is 24.4 Å². The number of ether oxygens (including phenoxy) is 1. The molecule has 2 aliphatic rings. The zero-order chi connectivity index (χ0) is 24.2. The van der Waals surface area contributed by atoms with Crippen molar-refractivity contribution in [2.75, 3.05) is 45.9 Å². The minimum Gasteiger partial charge on any atom is -0.464 e. The van der Waals surface area contributed by atoms with Crippen molar-refractivity contribution >= 4 is 28.9 Å². The lowest BCUT2D eigenvalue weighted by atomic mass is 10.2. The zero-order valence-electron chi connectivity index (χ0n) is 20.2. The van der Waals surface area contributed by atoms with E-state index < -0.39 is 12.0 Å². The molecule has 0 bridgehead atoms. The number of imidazole rings is 1. The minimum absolute atomic E-state index is 0.0817. The molecule has 0 unspecified atom stereocenters. The van der Waals surface area contributed by atoms with E-state index in [9.17, 15) is 14.4 Å². The number of aryl methyl sites for hydroxylation is 1. The van der Waals surface area contributed by atoms with Crippen molar-refractivity contribution in [2.24, 2.45) is 7.05 Å². The molecule has 184 valence electrons. The predicted molar refractivity (Wildman–Crippen MR) is 127 cm³/mol. The van der Waals surface area contributed by atoms with E-state index in [1.165, 1.54) is 0 Å². The first-order valence-electron chi connectivity index (χ1n) is 12.1. The number of likely N-dealkylation sites (tertiary alicyclic amines) is 1. The number of rotatable bonds is 6. The molecule has 34 heavy (non-hydrogen) atoms. The third-order valence-electron chi connectivity index (χ3n) is 6.62. The summed E-state index contributed by atoms with van der Waals surface area (Å²) in [6.45, 7) is 8.54. The summed E-state index contributed by atoms with van der Waals surface area (Å²) < 4.78 is 7.02. The first-order chi connectivity index (χ1) is 16.4. The van der Waals surface area contributed by atoms with Gasteiger partial charge in [-0.25, -0.2) is 14.6 Å². The van der Waals surface area contributed by atoms with Crippen molar-refractivity contribution in [3.8, 4) is 0 Å². The molecule has 1 aromatic heterocycles. The molecule has 10 nitrogen and oxygen atoms in total. The zero-order valence-corrected chi connectivity index (χ0v) is 20.2. The van der Waals surface area contributed by atoms with E-state index in [1.807, 2.05) is 30.1 Å². The standard InChI is InChI=1S/C24H34N6O4/c1-4-34-23(32)17(2)25-24(33)30-13-11-28(12-14-30)16-21-26-19-15-18(7-8-20(19)27(21)3)22(31)29-9-5-6-10-29/h7-8,15,17H,4-6,9-14,16H2,1-3H3,(H,25,33)/t17-/m0/s1. The van der Waals surface area contributed by atoms with Gasteiger partial charge in [0, 0.05) is 51.9 Å². The van der Waals surface area contributed by atoms with Crippen molar-refractivity contribution in [1.82, 2.24) is 29.6 Å². The molecule has 1 aromatic carbocycles. The highest BCUT2D eigenvalue weighted by atomic mass is 16.5. The SMILES string of the molecule is CCOC(=O)[C@H](C)NC(=O)N1CCN(Cc2nc3cc(C(=O)N4CCCC4)ccc3n2C)CC1. The number of nitrogens with zero attached hydrogens (tertiary/aromatic N) is 5. The van der Waals surface area contributed by atoms with E-state index in [2.05, 4.69) is 14.8 Å². The van der Waals surface area contributed by atoms with Gasteiger partial charge in [0.1, 0.15) is 11.9 Å². The fourth-order valence-corrected chi connectivity index (χ4v) is 4.54. The maximum absolute atomic E-state index is 12.7. The molecular weight excluding hydrogens is 436 g/mol. The average molecular weight is 471 g/mol. The highest BCUT2D eigenvalue weighted by molar-refractivity contribution is 5.97. The van der Waals surface area contributed by atoms with Crippen molar-refractivity contribution in [1.29, 1.82) is 0 Å². The van der Waals surface area contributed by atoms with Crippen LogP contribution in [0.25, 0.3) is 11.0 Å². The third-order valence-corrected chi connectivity index (χ3v) is 6.62. The second kappa shape index (κ2) is 10.4. The van der Waals surface area contributed by atoms with Gasteiger partial charge in [0.05, 0.1) is 24.2 Å². The Balaban J connectivity index is 1.34. The van der Waals surface area contributed by atoms with Crippen LogP contribution < -0.4 is 5.32 Å². The average Bonchev–Trinajstić information content (AvgIpc) is 3.48. The van der Waals surface area contributed by atoms with Gasteiger partial charge in [0.15, 0.2) is 0 Å². The Kier molecular flexibility index (Phi) is 7.35. The lowest BCUT2D eigenvalue weighted by molar-refractivity contribution is -0.144. The van der Waals surface area contributed by atoms with Gasteiger partial charge in [0.2, 0.25) is 0 Å². The normalized spacial score (nSPS) is 17.7. The van der Waals surface area contributed by atoms with Crippen molar-refractivity contribution in [3.63, 3.8) is 0 Å². The Morgan fingerprint density at radius 3 is 2.44 bits per heavy atom. The van der Waals surface area contributed by atoms with Crippen LogP contribution in [0.2, 0.25) is 0 Å². The Morgan fingerprint density at radius 1 is 1.06 bits per heavy atom. The van der Waals surface area contributed by atoms with E-state index >= 15 is 0 Å². The Labute approximate surface area is 199 Å². The number of benzene rings is 1. The van der Waals surface area contributed by atoms with Crippen molar-refractivity contribution in [3.05, 3.63) is 29.6 Å². The molecule has 2 aromatic rings. The van der Waals surface area contributed by atoms with Gasteiger partial charge in [-0.15, -0.1) is 0 Å². The summed E-state index contributed by atoms with van der Waals surface area (Å²) in [4.78, 5) is 47.7. The first-order valence-corrected chi connectivity index (χ1v) is 12.1. The smallest absolute Gasteiger partial charge is 0.328 e. The summed E-state index contributed by atoms with van der Waals surface area (Å²) >= 11 is 0. The molecule has 2 fully saturated rings. The molecule has 1 N–H and O–H groups in total. The summed E-state index contributed by atoms with van der Waals surface area (Å²) in [6.07, 6.45) is 2.14. The second-order valence-electron chi connectivity index (χ2n) is 8.98. The molecule has 0 aliphatic carbocycles. The van der Waals surface area contributed by atoms with Gasteiger partial charge in [-0.3, -0.25) is 9.69 Å². The molecule has 0 radical (unpaired) electrons. The van der Waals surface area contributed by atoms with Crippen molar-refractivity contribution in [2.45, 2.75) is 39.3 Å². The molecule has 0 saturated carbocycles. The predicted octanol–water partition coefficient (Wildman–Crippen LogP) is 1.59. The molecular formula is C24H34N6O4. The number of aromatic nitrogens is 2. The van der Waals surface area contributed by atoms with Gasteiger partial charge in [-0.2, -0.15) is 0 Å². The quantitative estimate of drug-likeness (QED) is 0.644. The van der Waals surface area contributed by atoms with E-state index in [1.54, 1.807) is 18.7 Å². The monoisotopic (exact) mass is 470 g/mol. The van der Waals surface area contributed by atoms with Crippen LogP contribution in [-0.4, -0.2) is 94.1 Å². The van der Waals surface area contributed by atoms with Crippen LogP contribution in [0.4, 0.5) is 4.79 Å². The van der Waals surface area contributed by atoms with Crippen LogP contribution in [0, 0.1) is 0 Å². The van der Waals surface area contributed by atoms with Crippen LogP contribution in [0.3, 0.4) is 0 Å². The van der Waals surface area contributed by atoms with E-state index in [4.69, 9.17) is 9.72 Å². The summed E-state index contributed by atoms with van der Waals surface area (Å²) in [5.41, 5.74) is 2.52. The molecule has 4 rings (SSSR count). The van der Waals surface area contributed by atoms with Crippen LogP contribution in [0.5, 0.6) is 0 Å². The number of fused-ring (bicyclic) bond motifs is 1. The molecule has 10 heteroatoms. The lowest BCUT2D eigenvalue weighted by Gasteiger charge is -2.34. The van der Waals surface area contributed by atoms with Gasteiger partial charge in [-0.1, -0.05) is 0 Å². The highest BCUT2D eigenvalue weighted by Gasteiger charge is 2.26. The van der Waals surface area contributed by atoms with E-state index in [-0.39, 0.29) is 18.5 Å². The van der Waals surface area contributed by atoms with Gasteiger partial charge in [-0.05, 0) is 44.9 Å². The van der Waals surface area contributed by atoms with Crippen LogP contribution in [0.15, 0.2) is 18.2 Å². The Bertz CT molecular complexity index is 1050. The van der Waals surface area contributed by atoms with Crippen LogP contribution in [0.1, 0.15) is 42.9 Å². The number of esters is 1. The number of hydrogen-bond donors (Lipinski definition) is 1. The number of carbonyl (C=O) groups is 3. The molecule has 3 heterocycles. The molecule has 3 amide bonds. The maximum Gasteiger partial charge on any atom is 0.328 e. The minimum atomic E-state index is -0.673. The number of urea groups is 1. The van der Waals surface area contributed by atoms with Gasteiger partial charge >= 0.3 is 12.0 Å². The highest BCUT2D eigenvalue weighted by Crippen LogP contribution is 2.21. The second-order valence-corrected chi connectivity index (χ2v) is 8.98. The topological polar surface area (TPSA) is 100 Å². The largest absolute Gasteiger partial charge is 0.464 e. The van der Waals surface area contributed by atoms with Gasteiger partial charge in [0.25, 0.3) is 5.91 Å². The van der Waals surface area contributed by atoms with Crippen LogP contribution >= 0.6 is 0 Å². The summed E-state index contributed by atoms with van der Waals surface area (Å²) in [5.74, 6) is 0.578. The van der Waals surface area contributed by atoms with E-state index in [0.29, 0.717) is 38.3 Å². The number of nitrogens with one attached hydrogen (secondary N) is 1. The number of amides is 3. The first kappa shape index (κ1) is 24.0. The number of hydrogen-bond acceptors (Lipinski definition) is 6. The maximum atomic E-state index is 12.7. The fourth-order valence-electron chi connectivity index (χ4n) is 4.54. The number of carbonyl (C=O) groups excluding carboxylic acids is 3. The molecule has 2 aliphatic heterocycles. The Hall–Kier alpha value is -3.14. The Morgan fingerprint density at radius 2 is 1.76 bits per heavy atom. The summed E-state index contributed by atoms with van der Waals surface area (Å²) in [5, 5.41) is 2.71. The number of piperazine rings is 1. The molecule has 1 atom stereocenters. The fraction of sp³-hybridized carbons (Fsp3) is 0.583. The summed E-state index contributed by atoms with van der Waals surface area (Å²) in [7, 11) is 1.99. The molecule has 0 spiro atoms. The lowest BCUT2D eigenvalue weighted by Crippen LogP contribution is -2.54.